The van der Waals surface area contributed by atoms with Crippen LogP contribution in [0.4, 0.5) is 5.69 Å². The fourth-order valence-corrected chi connectivity index (χ4v) is 4.29. The Kier molecular flexibility index (Phi) is 6.14. The lowest BCUT2D eigenvalue weighted by molar-refractivity contribution is -0.122. The number of benzene rings is 2. The van der Waals surface area contributed by atoms with E-state index in [1.54, 1.807) is 18.2 Å². The van der Waals surface area contributed by atoms with Crippen molar-refractivity contribution in [3.05, 3.63) is 86.1 Å². The molecule has 2 heterocycles. The summed E-state index contributed by atoms with van der Waals surface area (Å²) < 4.78 is 2.02. The maximum absolute atomic E-state index is 13.3. The van der Waals surface area contributed by atoms with Gasteiger partial charge >= 0.3 is 0 Å². The lowest BCUT2D eigenvalue weighted by Crippen LogP contribution is -2.54. The first-order valence-electron chi connectivity index (χ1n) is 9.49. The molecule has 0 atom stereocenters. The van der Waals surface area contributed by atoms with Gasteiger partial charge in [0.1, 0.15) is 5.57 Å². The van der Waals surface area contributed by atoms with Gasteiger partial charge in [0, 0.05) is 22.1 Å². The molecular formula is C23H16Cl3N3O2S. The van der Waals surface area contributed by atoms with Crippen LogP contribution in [0.15, 0.2) is 54.1 Å². The first-order valence-corrected chi connectivity index (χ1v) is 11.0. The van der Waals surface area contributed by atoms with Crippen molar-refractivity contribution in [3.8, 4) is 5.69 Å². The standard InChI is InChI=1S/C23H16Cl3N3O2S/c1-12-9-14(13(2)28(12)16-5-3-15(24)4-6-16)10-18-21(30)27-23(32)29(22(18)31)17-7-8-19(25)20(26)11-17/h3-11H,1-2H3,(H,27,30,32)/b18-10+. The summed E-state index contributed by atoms with van der Waals surface area (Å²) in [7, 11) is 0. The second kappa shape index (κ2) is 8.71. The number of hydrogen-bond donors (Lipinski definition) is 1. The third-order valence-corrected chi connectivity index (χ3v) is 6.39. The lowest BCUT2D eigenvalue weighted by Gasteiger charge is -2.29. The van der Waals surface area contributed by atoms with Crippen molar-refractivity contribution in [1.29, 1.82) is 0 Å². The van der Waals surface area contributed by atoms with E-state index in [4.69, 9.17) is 47.0 Å². The molecule has 0 saturated carbocycles. The molecule has 0 bridgehead atoms. The highest BCUT2D eigenvalue weighted by molar-refractivity contribution is 7.80. The lowest BCUT2D eigenvalue weighted by atomic mass is 10.1. The third kappa shape index (κ3) is 4.07. The van der Waals surface area contributed by atoms with Gasteiger partial charge in [0.2, 0.25) is 0 Å². The van der Waals surface area contributed by atoms with Crippen LogP contribution >= 0.6 is 47.0 Å². The number of aryl methyl sites for hydroxylation is 1. The Morgan fingerprint density at radius 3 is 2.22 bits per heavy atom. The number of halogens is 3. The predicted octanol–water partition coefficient (Wildman–Crippen LogP) is 5.89. The van der Waals surface area contributed by atoms with Crippen molar-refractivity contribution in [2.24, 2.45) is 0 Å². The van der Waals surface area contributed by atoms with Gasteiger partial charge in [-0.15, -0.1) is 0 Å². The molecule has 1 N–H and O–H groups in total. The number of carbonyl (C=O) groups excluding carboxylic acids is 2. The summed E-state index contributed by atoms with van der Waals surface area (Å²) >= 11 is 23.3. The summed E-state index contributed by atoms with van der Waals surface area (Å²) in [5.41, 5.74) is 3.84. The molecule has 3 aromatic rings. The number of thiocarbonyl (C=S) groups is 1. The minimum absolute atomic E-state index is 0.0258. The fraction of sp³-hybridized carbons (Fsp3) is 0.0870. The van der Waals surface area contributed by atoms with Crippen molar-refractivity contribution in [2.75, 3.05) is 4.90 Å². The zero-order chi connectivity index (χ0) is 23.2. The summed E-state index contributed by atoms with van der Waals surface area (Å²) in [6.45, 7) is 3.87. The smallest absolute Gasteiger partial charge is 0.270 e. The first kappa shape index (κ1) is 22.6. The van der Waals surface area contributed by atoms with Gasteiger partial charge in [0.05, 0.1) is 15.7 Å². The van der Waals surface area contributed by atoms with Gasteiger partial charge < -0.3 is 4.57 Å². The molecule has 0 spiro atoms. The molecule has 162 valence electrons. The summed E-state index contributed by atoms with van der Waals surface area (Å²) in [4.78, 5) is 27.1. The summed E-state index contributed by atoms with van der Waals surface area (Å²) in [5.74, 6) is -1.11. The molecule has 5 nitrogen and oxygen atoms in total. The van der Waals surface area contributed by atoms with E-state index in [2.05, 4.69) is 5.32 Å². The molecule has 0 unspecified atom stereocenters. The van der Waals surface area contributed by atoms with E-state index in [0.717, 1.165) is 22.6 Å². The zero-order valence-electron chi connectivity index (χ0n) is 16.9. The van der Waals surface area contributed by atoms with Gasteiger partial charge in [-0.1, -0.05) is 34.8 Å². The number of hydrogen-bond acceptors (Lipinski definition) is 3. The maximum atomic E-state index is 13.3. The molecule has 1 fully saturated rings. The average Bonchev–Trinajstić information content (AvgIpc) is 3.01. The Hall–Kier alpha value is -2.64. The van der Waals surface area contributed by atoms with Crippen molar-refractivity contribution in [3.63, 3.8) is 0 Å². The molecule has 4 rings (SSSR count). The summed E-state index contributed by atoms with van der Waals surface area (Å²) in [6.07, 6.45) is 1.57. The number of rotatable bonds is 3. The second-order valence-electron chi connectivity index (χ2n) is 7.19. The maximum Gasteiger partial charge on any atom is 0.270 e. The number of carbonyl (C=O) groups is 2. The number of nitrogens with one attached hydrogen (secondary N) is 1. The molecule has 0 radical (unpaired) electrons. The van der Waals surface area contributed by atoms with Crippen molar-refractivity contribution in [2.45, 2.75) is 13.8 Å². The van der Waals surface area contributed by atoms with E-state index < -0.39 is 11.8 Å². The summed E-state index contributed by atoms with van der Waals surface area (Å²) in [6, 6.07) is 14.0. The van der Waals surface area contributed by atoms with Crippen LogP contribution in [0.5, 0.6) is 0 Å². The number of aromatic nitrogens is 1. The minimum atomic E-state index is -0.562. The number of anilines is 1. The van der Waals surface area contributed by atoms with Gasteiger partial charge in [0.15, 0.2) is 5.11 Å². The van der Waals surface area contributed by atoms with Gasteiger partial charge in [-0.2, -0.15) is 0 Å². The van der Waals surface area contributed by atoms with Crippen LogP contribution in [0.2, 0.25) is 15.1 Å². The molecule has 9 heteroatoms. The SMILES string of the molecule is Cc1cc(/C=C2\C(=O)NC(=S)N(c3ccc(Cl)c(Cl)c3)C2=O)c(C)n1-c1ccc(Cl)cc1. The highest BCUT2D eigenvalue weighted by Gasteiger charge is 2.35. The van der Waals surface area contributed by atoms with E-state index in [0.29, 0.717) is 15.7 Å². The van der Waals surface area contributed by atoms with E-state index in [9.17, 15) is 9.59 Å². The normalized spacial score (nSPS) is 15.5. The second-order valence-corrected chi connectivity index (χ2v) is 8.83. The van der Waals surface area contributed by atoms with Gasteiger partial charge in [0.25, 0.3) is 11.8 Å². The molecule has 1 aliphatic rings. The molecule has 32 heavy (non-hydrogen) atoms. The quantitative estimate of drug-likeness (QED) is 0.275. The summed E-state index contributed by atoms with van der Waals surface area (Å²) in [5, 5.41) is 3.81. The Labute approximate surface area is 205 Å². The highest BCUT2D eigenvalue weighted by atomic mass is 35.5. The van der Waals surface area contributed by atoms with Crippen molar-refractivity contribution < 1.29 is 9.59 Å². The Balaban J connectivity index is 1.76. The minimum Gasteiger partial charge on any atom is -0.318 e. The van der Waals surface area contributed by atoms with Crippen LogP contribution in [0.25, 0.3) is 11.8 Å². The molecular weight excluding hydrogens is 489 g/mol. The molecule has 1 saturated heterocycles. The molecule has 1 aromatic heterocycles. The first-order chi connectivity index (χ1) is 15.2. The topological polar surface area (TPSA) is 54.3 Å². The average molecular weight is 505 g/mol. The van der Waals surface area contributed by atoms with Crippen molar-refractivity contribution >= 4 is 75.7 Å². The van der Waals surface area contributed by atoms with Crippen LogP contribution in [0.3, 0.4) is 0 Å². The number of nitrogens with zero attached hydrogens (tertiary/aromatic N) is 2. The van der Waals surface area contributed by atoms with Crippen LogP contribution in [0.1, 0.15) is 17.0 Å². The van der Waals surface area contributed by atoms with Gasteiger partial charge in [-0.25, -0.2) is 0 Å². The number of amides is 2. The Bertz CT molecular complexity index is 1310. The molecule has 2 aromatic carbocycles. The molecule has 0 aliphatic carbocycles. The largest absolute Gasteiger partial charge is 0.318 e. The third-order valence-electron chi connectivity index (χ3n) is 5.12. The highest BCUT2D eigenvalue weighted by Crippen LogP contribution is 2.30. The van der Waals surface area contributed by atoms with Crippen LogP contribution in [0, 0.1) is 13.8 Å². The zero-order valence-corrected chi connectivity index (χ0v) is 20.0. The van der Waals surface area contributed by atoms with E-state index in [1.165, 1.54) is 11.0 Å². The fourth-order valence-electron chi connectivity index (χ4n) is 3.59. The van der Waals surface area contributed by atoms with Crippen LogP contribution in [-0.4, -0.2) is 21.5 Å². The van der Waals surface area contributed by atoms with Crippen LogP contribution in [-0.2, 0) is 9.59 Å². The van der Waals surface area contributed by atoms with E-state index >= 15 is 0 Å². The van der Waals surface area contributed by atoms with Crippen molar-refractivity contribution in [1.82, 2.24) is 9.88 Å². The van der Waals surface area contributed by atoms with Gasteiger partial charge in [-0.05, 0) is 86.2 Å². The molecule has 1 aliphatic heterocycles. The van der Waals surface area contributed by atoms with E-state index in [-0.39, 0.29) is 15.7 Å². The predicted molar refractivity (Wildman–Crippen MR) is 133 cm³/mol. The van der Waals surface area contributed by atoms with Gasteiger partial charge in [-0.3, -0.25) is 19.8 Å². The Morgan fingerprint density at radius 1 is 0.906 bits per heavy atom. The molecule has 2 amide bonds. The van der Waals surface area contributed by atoms with Crippen LogP contribution < -0.4 is 10.2 Å². The Morgan fingerprint density at radius 2 is 1.56 bits per heavy atom. The van der Waals surface area contributed by atoms with E-state index in [1.807, 2.05) is 48.7 Å². The monoisotopic (exact) mass is 503 g/mol.